The quantitative estimate of drug-likeness (QED) is 0.316. The average Bonchev–Trinajstić information content (AvgIpc) is 2.55. The number of nitrogens with zero attached hydrogens (tertiary/aromatic N) is 3. The molecule has 10 nitrogen and oxygen atoms in total. The van der Waals surface area contributed by atoms with E-state index >= 15 is 0 Å². The second kappa shape index (κ2) is 6.11. The lowest BCUT2D eigenvalue weighted by molar-refractivity contribution is -0.159. The summed E-state index contributed by atoms with van der Waals surface area (Å²) in [5.74, 6) is -1.38. The molecule has 3 heterocycles. The number of aryl methyl sites for hydroxylation is 1. The highest BCUT2D eigenvalue weighted by molar-refractivity contribution is 8.01. The Morgan fingerprint density at radius 1 is 1.46 bits per heavy atom. The molecule has 1 saturated heterocycles. The normalized spacial score (nSPS) is 23.1. The summed E-state index contributed by atoms with van der Waals surface area (Å²) in [6.07, 6.45) is -1.18. The number of carbonyl (C=O) groups excluding carboxylic acids is 1. The van der Waals surface area contributed by atoms with Gasteiger partial charge in [0.2, 0.25) is 0 Å². The highest BCUT2D eigenvalue weighted by atomic mass is 32.2. The molecule has 0 saturated carbocycles. The number of aliphatic hydroxyl groups is 1. The fraction of sp³-hybridized carbons (Fsp3) is 0.417. The van der Waals surface area contributed by atoms with E-state index in [9.17, 15) is 29.4 Å². The smallest absolute Gasteiger partial charge is 0.352 e. The maximum Gasteiger partial charge on any atom is 0.352 e. The van der Waals surface area contributed by atoms with E-state index < -0.39 is 34.5 Å². The number of hydrogen-bond acceptors (Lipinski definition) is 8. The summed E-state index contributed by atoms with van der Waals surface area (Å²) < 4.78 is 1.27. The lowest BCUT2D eigenvalue weighted by Gasteiger charge is -2.47. The van der Waals surface area contributed by atoms with Crippen molar-refractivity contribution in [2.24, 2.45) is 7.05 Å². The molecule has 0 radical (unpaired) electrons. The van der Waals surface area contributed by atoms with Crippen molar-refractivity contribution >= 4 is 35.4 Å². The molecule has 1 unspecified atom stereocenters. The van der Waals surface area contributed by atoms with Crippen LogP contribution in [-0.4, -0.2) is 64.7 Å². The maximum atomic E-state index is 11.7. The molecule has 0 bridgehead atoms. The van der Waals surface area contributed by atoms with Crippen LogP contribution in [0.25, 0.3) is 0 Å². The van der Waals surface area contributed by atoms with Crippen molar-refractivity contribution < 1.29 is 19.8 Å². The SMILES string of the molecule is Cn1[nH]c(=O)c(=O)nc1SCC1=C(C(=O)O)N2C(=O)C(O)[C@H]2SC1. The average molecular weight is 372 g/mol. The number of aliphatic hydroxyl groups excluding tert-OH is 1. The van der Waals surface area contributed by atoms with Gasteiger partial charge in [0.1, 0.15) is 11.1 Å². The number of nitrogens with one attached hydrogen (secondary N) is 1. The van der Waals surface area contributed by atoms with E-state index in [1.807, 2.05) is 0 Å². The van der Waals surface area contributed by atoms with E-state index in [2.05, 4.69) is 10.1 Å². The fourth-order valence-corrected chi connectivity index (χ4v) is 4.71. The molecule has 2 atom stereocenters. The molecule has 24 heavy (non-hydrogen) atoms. The van der Waals surface area contributed by atoms with Crippen molar-refractivity contribution in [2.75, 3.05) is 11.5 Å². The summed E-state index contributed by atoms with van der Waals surface area (Å²) in [5, 5.41) is 20.9. The lowest BCUT2D eigenvalue weighted by Crippen LogP contribution is -2.64. The number of carboxylic acid groups (broad SMARTS) is 1. The van der Waals surface area contributed by atoms with Crippen molar-refractivity contribution in [3.63, 3.8) is 0 Å². The Labute approximate surface area is 142 Å². The third-order valence-electron chi connectivity index (χ3n) is 3.54. The second-order valence-electron chi connectivity index (χ2n) is 5.10. The largest absolute Gasteiger partial charge is 0.477 e. The minimum atomic E-state index is -1.25. The van der Waals surface area contributed by atoms with E-state index in [4.69, 9.17) is 0 Å². The third-order valence-corrected chi connectivity index (χ3v) is 5.99. The highest BCUT2D eigenvalue weighted by Crippen LogP contribution is 2.41. The zero-order valence-electron chi connectivity index (χ0n) is 12.3. The molecule has 1 aromatic rings. The van der Waals surface area contributed by atoms with Crippen molar-refractivity contribution in [3.05, 3.63) is 32.0 Å². The molecule has 1 aromatic heterocycles. The monoisotopic (exact) mass is 372 g/mol. The molecule has 1 amide bonds. The molecular formula is C12H12N4O6S2. The number of aromatic nitrogens is 3. The van der Waals surface area contributed by atoms with Gasteiger partial charge in [0, 0.05) is 18.6 Å². The van der Waals surface area contributed by atoms with Crippen LogP contribution in [0.15, 0.2) is 26.0 Å². The molecular weight excluding hydrogens is 360 g/mol. The molecule has 2 aliphatic rings. The van der Waals surface area contributed by atoms with Crippen LogP contribution < -0.4 is 11.1 Å². The van der Waals surface area contributed by atoms with Crippen molar-refractivity contribution in [3.8, 4) is 0 Å². The van der Waals surface area contributed by atoms with Crippen LogP contribution >= 0.6 is 23.5 Å². The number of H-pyrrole nitrogens is 1. The number of fused-ring (bicyclic) bond motifs is 1. The van der Waals surface area contributed by atoms with E-state index in [0.717, 1.165) is 16.7 Å². The topological polar surface area (TPSA) is 146 Å². The van der Waals surface area contributed by atoms with Crippen LogP contribution in [0.2, 0.25) is 0 Å². The van der Waals surface area contributed by atoms with E-state index in [1.165, 1.54) is 23.5 Å². The Morgan fingerprint density at radius 3 is 2.83 bits per heavy atom. The van der Waals surface area contributed by atoms with Crippen LogP contribution in [0.1, 0.15) is 0 Å². The number of aliphatic carboxylic acids is 1. The van der Waals surface area contributed by atoms with Crippen LogP contribution in [0, 0.1) is 0 Å². The van der Waals surface area contributed by atoms with Gasteiger partial charge < -0.3 is 10.2 Å². The molecule has 12 heteroatoms. The Kier molecular flexibility index (Phi) is 4.27. The number of thioether (sulfide) groups is 2. The standard InChI is InChI=1S/C12H12N4O6S2/c1-15-12(13-7(18)8(19)14-15)24-3-4-2-23-10-6(17)9(20)16(10)5(4)11(21)22/h6,10,17H,2-3H2,1H3,(H,14,19)(H,21,22)/t6?,10-/m1/s1. The summed E-state index contributed by atoms with van der Waals surface area (Å²) >= 11 is 2.35. The molecule has 2 aliphatic heterocycles. The van der Waals surface area contributed by atoms with Gasteiger partial charge in [0.05, 0.1) is 0 Å². The molecule has 0 aliphatic carbocycles. The summed E-state index contributed by atoms with van der Waals surface area (Å²) in [6.45, 7) is 0. The number of carboxylic acids is 1. The Morgan fingerprint density at radius 2 is 2.17 bits per heavy atom. The molecule has 3 rings (SSSR count). The molecule has 0 spiro atoms. The van der Waals surface area contributed by atoms with Gasteiger partial charge in [0.25, 0.3) is 5.91 Å². The first-order valence-corrected chi connectivity index (χ1v) is 8.73. The van der Waals surface area contributed by atoms with Gasteiger partial charge in [-0.05, 0) is 5.57 Å². The lowest BCUT2D eigenvalue weighted by atomic mass is 10.1. The summed E-state index contributed by atoms with van der Waals surface area (Å²) in [4.78, 5) is 50.5. The van der Waals surface area contributed by atoms with Crippen LogP contribution in [0.5, 0.6) is 0 Å². The van der Waals surface area contributed by atoms with Crippen LogP contribution in [-0.2, 0) is 16.6 Å². The number of hydrogen-bond donors (Lipinski definition) is 3. The van der Waals surface area contributed by atoms with E-state index in [-0.39, 0.29) is 16.6 Å². The predicted octanol–water partition coefficient (Wildman–Crippen LogP) is -1.82. The van der Waals surface area contributed by atoms with Crippen molar-refractivity contribution in [1.82, 2.24) is 19.7 Å². The first-order chi connectivity index (χ1) is 11.3. The van der Waals surface area contributed by atoms with Gasteiger partial charge in [-0.3, -0.25) is 29.1 Å². The Hall–Kier alpha value is -2.05. The fourth-order valence-electron chi connectivity index (χ4n) is 2.38. The van der Waals surface area contributed by atoms with Crippen molar-refractivity contribution in [2.45, 2.75) is 16.6 Å². The molecule has 3 N–H and O–H groups in total. The van der Waals surface area contributed by atoms with E-state index in [0.29, 0.717) is 11.3 Å². The van der Waals surface area contributed by atoms with Gasteiger partial charge in [-0.25, -0.2) is 4.79 Å². The van der Waals surface area contributed by atoms with Crippen molar-refractivity contribution in [1.29, 1.82) is 0 Å². The van der Waals surface area contributed by atoms with E-state index in [1.54, 1.807) is 0 Å². The number of β-lactam (4-membered cyclic amide) rings is 1. The first-order valence-electron chi connectivity index (χ1n) is 6.69. The summed E-state index contributed by atoms with van der Waals surface area (Å²) in [7, 11) is 1.50. The predicted molar refractivity (Wildman–Crippen MR) is 84.6 cm³/mol. The number of aromatic amines is 1. The number of carbonyl (C=O) groups is 2. The number of amides is 1. The highest BCUT2D eigenvalue weighted by Gasteiger charge is 2.52. The Balaban J connectivity index is 1.87. The summed E-state index contributed by atoms with van der Waals surface area (Å²) in [5.41, 5.74) is -1.43. The van der Waals surface area contributed by atoms with Crippen LogP contribution in [0.3, 0.4) is 0 Å². The van der Waals surface area contributed by atoms with Crippen LogP contribution in [0.4, 0.5) is 0 Å². The Bertz CT molecular complexity index is 875. The second-order valence-corrected chi connectivity index (χ2v) is 7.15. The third kappa shape index (κ3) is 2.65. The maximum absolute atomic E-state index is 11.7. The minimum Gasteiger partial charge on any atom is -0.477 e. The zero-order valence-corrected chi connectivity index (χ0v) is 13.9. The first kappa shape index (κ1) is 16.8. The summed E-state index contributed by atoms with van der Waals surface area (Å²) in [6, 6.07) is 0. The van der Waals surface area contributed by atoms with Gasteiger partial charge in [-0.1, -0.05) is 11.8 Å². The molecule has 128 valence electrons. The minimum absolute atomic E-state index is 0.143. The van der Waals surface area contributed by atoms with Gasteiger partial charge in [0.15, 0.2) is 11.3 Å². The van der Waals surface area contributed by atoms with Gasteiger partial charge >= 0.3 is 17.1 Å². The zero-order chi connectivity index (χ0) is 17.6. The number of rotatable bonds is 4. The molecule has 1 fully saturated rings. The van der Waals surface area contributed by atoms with Gasteiger partial charge in [-0.2, -0.15) is 4.98 Å². The molecule has 0 aromatic carbocycles. The van der Waals surface area contributed by atoms with Gasteiger partial charge in [-0.15, -0.1) is 11.8 Å².